The first-order valence-electron chi connectivity index (χ1n) is 11.7. The van der Waals surface area contributed by atoms with Crippen molar-refractivity contribution in [1.82, 2.24) is 29.8 Å². The molecule has 3 aromatic heterocycles. The number of nitrogens with one attached hydrogen (secondary N) is 2. The summed E-state index contributed by atoms with van der Waals surface area (Å²) in [4.78, 5) is 23.8. The normalized spacial score (nSPS) is 16.0. The number of benzene rings is 1. The van der Waals surface area contributed by atoms with Crippen LogP contribution in [0.25, 0.3) is 5.65 Å². The smallest absolute Gasteiger partial charge is 0.257 e. The second-order valence-corrected chi connectivity index (χ2v) is 8.84. The van der Waals surface area contributed by atoms with Crippen LogP contribution in [0.15, 0.2) is 61.2 Å². The number of aromatic nitrogens is 4. The van der Waals surface area contributed by atoms with Crippen LogP contribution in [0.2, 0.25) is 0 Å². The highest BCUT2D eigenvalue weighted by atomic mass is 16.1. The number of carbonyl (C=O) groups is 1. The first-order valence-corrected chi connectivity index (χ1v) is 11.7. The van der Waals surface area contributed by atoms with E-state index < -0.39 is 0 Å². The van der Waals surface area contributed by atoms with E-state index in [-0.39, 0.29) is 5.91 Å². The number of imidazole rings is 1. The molecule has 0 saturated carbocycles. The highest BCUT2D eigenvalue weighted by molar-refractivity contribution is 6.04. The zero-order chi connectivity index (χ0) is 24.2. The third kappa shape index (κ3) is 5.38. The lowest BCUT2D eigenvalue weighted by Crippen LogP contribution is -2.48. The van der Waals surface area contributed by atoms with Crippen molar-refractivity contribution in [3.05, 3.63) is 89.1 Å². The Hall–Kier alpha value is -4.06. The minimum atomic E-state index is -0.222. The van der Waals surface area contributed by atoms with E-state index in [4.69, 9.17) is 0 Å². The van der Waals surface area contributed by atoms with Gasteiger partial charge in [-0.1, -0.05) is 12.0 Å². The van der Waals surface area contributed by atoms with Gasteiger partial charge in [-0.25, -0.2) is 9.50 Å². The van der Waals surface area contributed by atoms with Crippen LogP contribution in [0.5, 0.6) is 0 Å². The maximum absolute atomic E-state index is 12.9. The van der Waals surface area contributed by atoms with E-state index in [0.29, 0.717) is 22.9 Å². The summed E-state index contributed by atoms with van der Waals surface area (Å²) in [5, 5.41) is 10.7. The molecule has 1 saturated heterocycles. The molecule has 0 bridgehead atoms. The van der Waals surface area contributed by atoms with Crippen LogP contribution < -0.4 is 10.6 Å². The lowest BCUT2D eigenvalue weighted by Gasteiger charge is -2.32. The van der Waals surface area contributed by atoms with E-state index in [9.17, 15) is 4.79 Å². The monoisotopic (exact) mass is 465 g/mol. The maximum Gasteiger partial charge on any atom is 0.257 e. The van der Waals surface area contributed by atoms with Gasteiger partial charge in [0.2, 0.25) is 0 Å². The molecule has 35 heavy (non-hydrogen) atoms. The van der Waals surface area contributed by atoms with Crippen LogP contribution in [0.3, 0.4) is 0 Å². The standard InChI is InChI=1S/C27H27N7O/c1-19-12-24(7-6-22(19)18-33-11-10-29-20(2)17-33)32-27(35)23-13-21(14-28-15-23)5-8-25-16-30-26-4-3-9-31-34(25)26/h3-4,6-7,9,12-16,20,29H,10-11,17-18H2,1-2H3,(H,32,35)/t20-/m1/s1. The number of piperazine rings is 1. The number of hydrogen-bond acceptors (Lipinski definition) is 6. The number of pyridine rings is 1. The molecule has 0 radical (unpaired) electrons. The van der Waals surface area contributed by atoms with E-state index in [0.717, 1.165) is 43.1 Å². The van der Waals surface area contributed by atoms with Crippen molar-refractivity contribution in [2.24, 2.45) is 0 Å². The molecular weight excluding hydrogens is 438 g/mol. The Morgan fingerprint density at radius 1 is 1.20 bits per heavy atom. The van der Waals surface area contributed by atoms with Gasteiger partial charge < -0.3 is 10.6 Å². The Bertz CT molecular complexity index is 1430. The summed E-state index contributed by atoms with van der Waals surface area (Å²) in [5.41, 5.74) is 5.68. The van der Waals surface area contributed by atoms with Gasteiger partial charge in [-0.2, -0.15) is 5.10 Å². The molecule has 8 heteroatoms. The molecule has 4 aromatic rings. The van der Waals surface area contributed by atoms with Crippen molar-refractivity contribution < 1.29 is 4.79 Å². The summed E-state index contributed by atoms with van der Waals surface area (Å²) in [6.07, 6.45) is 6.54. The Kier molecular flexibility index (Phi) is 6.53. The number of hydrogen-bond donors (Lipinski definition) is 2. The van der Waals surface area contributed by atoms with Crippen LogP contribution in [0, 0.1) is 18.8 Å². The van der Waals surface area contributed by atoms with Crippen molar-refractivity contribution in [2.75, 3.05) is 25.0 Å². The lowest BCUT2D eigenvalue weighted by molar-refractivity contribution is 0.102. The van der Waals surface area contributed by atoms with Crippen LogP contribution in [0.1, 0.15) is 39.7 Å². The van der Waals surface area contributed by atoms with Gasteiger partial charge in [0.1, 0.15) is 5.69 Å². The summed E-state index contributed by atoms with van der Waals surface area (Å²) in [6.45, 7) is 8.31. The largest absolute Gasteiger partial charge is 0.322 e. The predicted octanol–water partition coefficient (Wildman–Crippen LogP) is 2.88. The number of anilines is 1. The van der Waals surface area contributed by atoms with E-state index in [1.807, 2.05) is 24.3 Å². The highest BCUT2D eigenvalue weighted by Crippen LogP contribution is 2.19. The first kappa shape index (κ1) is 22.7. The van der Waals surface area contributed by atoms with Crippen LogP contribution in [-0.4, -0.2) is 56.1 Å². The minimum Gasteiger partial charge on any atom is -0.322 e. The fourth-order valence-electron chi connectivity index (χ4n) is 4.23. The number of fused-ring (bicyclic) bond motifs is 1. The number of rotatable bonds is 4. The molecule has 2 N–H and O–H groups in total. The Labute approximate surface area is 204 Å². The maximum atomic E-state index is 12.9. The summed E-state index contributed by atoms with van der Waals surface area (Å²) in [6, 6.07) is 12.0. The third-order valence-electron chi connectivity index (χ3n) is 6.06. The van der Waals surface area contributed by atoms with E-state index in [2.05, 4.69) is 62.4 Å². The molecule has 1 amide bonds. The van der Waals surface area contributed by atoms with Crippen molar-refractivity contribution >= 4 is 17.2 Å². The van der Waals surface area contributed by atoms with Gasteiger partial charge in [0.15, 0.2) is 5.65 Å². The molecule has 1 aromatic carbocycles. The molecule has 1 aliphatic rings. The van der Waals surface area contributed by atoms with Gasteiger partial charge in [0.05, 0.1) is 11.8 Å². The molecule has 0 spiro atoms. The number of nitrogens with zero attached hydrogens (tertiary/aromatic N) is 5. The predicted molar refractivity (Wildman–Crippen MR) is 135 cm³/mol. The SMILES string of the molecule is Cc1cc(NC(=O)c2cncc(C#Cc3cnc4cccnn34)c2)ccc1CN1CCN[C@H](C)C1. The fourth-order valence-corrected chi connectivity index (χ4v) is 4.23. The topological polar surface area (TPSA) is 87.5 Å². The van der Waals surface area contributed by atoms with Crippen LogP contribution in [-0.2, 0) is 6.54 Å². The second-order valence-electron chi connectivity index (χ2n) is 8.84. The molecule has 1 atom stereocenters. The summed E-state index contributed by atoms with van der Waals surface area (Å²) in [7, 11) is 0. The summed E-state index contributed by atoms with van der Waals surface area (Å²) >= 11 is 0. The van der Waals surface area contributed by atoms with E-state index in [1.165, 1.54) is 5.56 Å². The van der Waals surface area contributed by atoms with Gasteiger partial charge in [-0.15, -0.1) is 0 Å². The Morgan fingerprint density at radius 2 is 2.11 bits per heavy atom. The number of aryl methyl sites for hydroxylation is 1. The number of amides is 1. The summed E-state index contributed by atoms with van der Waals surface area (Å²) < 4.78 is 1.67. The molecule has 8 nitrogen and oxygen atoms in total. The van der Waals surface area contributed by atoms with Crippen molar-refractivity contribution in [3.63, 3.8) is 0 Å². The van der Waals surface area contributed by atoms with Gasteiger partial charge in [0.25, 0.3) is 5.91 Å². The quantitative estimate of drug-likeness (QED) is 0.451. The van der Waals surface area contributed by atoms with Crippen molar-refractivity contribution in [2.45, 2.75) is 26.4 Å². The third-order valence-corrected chi connectivity index (χ3v) is 6.06. The molecule has 5 rings (SSSR count). The van der Waals surface area contributed by atoms with Crippen LogP contribution in [0.4, 0.5) is 5.69 Å². The van der Waals surface area contributed by atoms with Crippen molar-refractivity contribution in [1.29, 1.82) is 0 Å². The van der Waals surface area contributed by atoms with E-state index >= 15 is 0 Å². The molecule has 176 valence electrons. The zero-order valence-corrected chi connectivity index (χ0v) is 19.8. The highest BCUT2D eigenvalue weighted by Gasteiger charge is 2.16. The molecule has 4 heterocycles. The van der Waals surface area contributed by atoms with Gasteiger partial charge in [-0.3, -0.25) is 14.7 Å². The molecule has 0 unspecified atom stereocenters. The zero-order valence-electron chi connectivity index (χ0n) is 19.8. The molecule has 1 aliphatic heterocycles. The van der Waals surface area contributed by atoms with Gasteiger partial charge >= 0.3 is 0 Å². The second kappa shape index (κ2) is 10.1. The van der Waals surface area contributed by atoms with E-state index in [1.54, 1.807) is 35.4 Å². The minimum absolute atomic E-state index is 0.222. The lowest BCUT2D eigenvalue weighted by atomic mass is 10.1. The summed E-state index contributed by atoms with van der Waals surface area (Å²) in [5.74, 6) is 5.89. The Morgan fingerprint density at radius 3 is 2.97 bits per heavy atom. The number of carbonyl (C=O) groups excluding carboxylic acids is 1. The molecular formula is C27H27N7O. The molecule has 1 fully saturated rings. The van der Waals surface area contributed by atoms with Gasteiger partial charge in [-0.05, 0) is 61.2 Å². The average molecular weight is 466 g/mol. The van der Waals surface area contributed by atoms with Crippen molar-refractivity contribution in [3.8, 4) is 11.8 Å². The average Bonchev–Trinajstić information content (AvgIpc) is 3.28. The Balaban J connectivity index is 1.27. The van der Waals surface area contributed by atoms with Crippen LogP contribution >= 0.6 is 0 Å². The fraction of sp³-hybridized carbons (Fsp3) is 0.259. The van der Waals surface area contributed by atoms with Gasteiger partial charge in [0, 0.05) is 62.1 Å². The first-order chi connectivity index (χ1) is 17.0. The molecule has 0 aliphatic carbocycles.